The van der Waals surface area contributed by atoms with E-state index in [0.29, 0.717) is 6.61 Å². The van der Waals surface area contributed by atoms with Gasteiger partial charge in [-0.2, -0.15) is 0 Å². The minimum atomic E-state index is -1.35. The average molecular weight is 289 g/mol. The number of ether oxygens (including phenoxy) is 5. The first-order chi connectivity index (χ1) is 9.17. The van der Waals surface area contributed by atoms with Gasteiger partial charge in [0.15, 0.2) is 17.9 Å². The minimum Gasteiger partial charge on any atom is -0.383 e. The third-order valence-corrected chi connectivity index (χ3v) is 4.02. The fourth-order valence-electron chi connectivity index (χ4n) is 3.10. The van der Waals surface area contributed by atoms with Crippen molar-refractivity contribution in [1.82, 2.24) is 0 Å². The molecule has 3 fully saturated rings. The quantitative estimate of drug-likeness (QED) is 0.721. The largest absolute Gasteiger partial charge is 0.383 e. The fourth-order valence-corrected chi connectivity index (χ4v) is 3.10. The lowest BCUT2D eigenvalue weighted by Crippen LogP contribution is -2.58. The summed E-state index contributed by atoms with van der Waals surface area (Å²) in [7, 11) is 0. The van der Waals surface area contributed by atoms with E-state index >= 15 is 0 Å². The van der Waals surface area contributed by atoms with Gasteiger partial charge in [-0.3, -0.25) is 0 Å². The highest BCUT2D eigenvalue weighted by Crippen LogP contribution is 2.45. The van der Waals surface area contributed by atoms with Gasteiger partial charge in [-0.1, -0.05) is 0 Å². The molecule has 3 heterocycles. The van der Waals surface area contributed by atoms with E-state index in [1.54, 1.807) is 13.8 Å². The Kier molecular flexibility index (Phi) is 3.19. The van der Waals surface area contributed by atoms with Crippen LogP contribution in [0.3, 0.4) is 0 Å². The van der Waals surface area contributed by atoms with Gasteiger partial charge in [0, 0.05) is 6.54 Å². The molecule has 3 N–H and O–H groups in total. The zero-order valence-electron chi connectivity index (χ0n) is 12.3. The van der Waals surface area contributed by atoms with Crippen molar-refractivity contribution in [3.05, 3.63) is 0 Å². The number of nitrogens with two attached hydrogens (primary N) is 1. The van der Waals surface area contributed by atoms with Crippen LogP contribution in [-0.2, 0) is 23.7 Å². The maximum atomic E-state index is 10.9. The van der Waals surface area contributed by atoms with Gasteiger partial charge in [0.25, 0.3) is 0 Å². The topological polar surface area (TPSA) is 92.4 Å². The Labute approximate surface area is 118 Å². The second-order valence-electron chi connectivity index (χ2n) is 6.54. The van der Waals surface area contributed by atoms with E-state index in [-0.39, 0.29) is 6.54 Å². The summed E-state index contributed by atoms with van der Waals surface area (Å²) >= 11 is 0. The fraction of sp³-hybridized carbons (Fsp3) is 1.00. The number of hydrogen-bond donors (Lipinski definition) is 2. The van der Waals surface area contributed by atoms with Crippen LogP contribution >= 0.6 is 0 Å². The number of rotatable bonds is 2. The summed E-state index contributed by atoms with van der Waals surface area (Å²) in [4.78, 5) is 0. The highest BCUT2D eigenvalue weighted by molar-refractivity contribution is 5.09. The van der Waals surface area contributed by atoms with E-state index in [9.17, 15) is 5.11 Å². The molecule has 116 valence electrons. The predicted molar refractivity (Wildman–Crippen MR) is 67.6 cm³/mol. The first kappa shape index (κ1) is 14.6. The van der Waals surface area contributed by atoms with Crippen molar-refractivity contribution in [2.75, 3.05) is 13.2 Å². The van der Waals surface area contributed by atoms with Crippen LogP contribution in [-0.4, -0.2) is 60.0 Å². The smallest absolute Gasteiger partial charge is 0.190 e. The molecule has 3 saturated heterocycles. The zero-order chi connectivity index (χ0) is 14.8. The third-order valence-electron chi connectivity index (χ3n) is 4.02. The molecule has 7 nitrogen and oxygen atoms in total. The predicted octanol–water partition coefficient (Wildman–Crippen LogP) is -0.296. The SMILES string of the molecule is CC1(C)OC[C@H]([C@H]2O[C@@H]3OC(C)(C)O[C@@H]3[C@]2(O)CN)O1. The van der Waals surface area contributed by atoms with Crippen LogP contribution in [0.2, 0.25) is 0 Å². The molecule has 0 unspecified atom stereocenters. The van der Waals surface area contributed by atoms with Crippen molar-refractivity contribution in [1.29, 1.82) is 0 Å². The van der Waals surface area contributed by atoms with Gasteiger partial charge in [0.2, 0.25) is 0 Å². The molecule has 0 aromatic heterocycles. The van der Waals surface area contributed by atoms with Crippen molar-refractivity contribution in [2.24, 2.45) is 5.73 Å². The number of aliphatic hydroxyl groups is 1. The molecule has 0 aliphatic carbocycles. The van der Waals surface area contributed by atoms with Gasteiger partial charge >= 0.3 is 0 Å². The van der Waals surface area contributed by atoms with Gasteiger partial charge in [-0.15, -0.1) is 0 Å². The van der Waals surface area contributed by atoms with Gasteiger partial charge < -0.3 is 34.5 Å². The summed E-state index contributed by atoms with van der Waals surface area (Å²) in [5.41, 5.74) is 4.42. The van der Waals surface area contributed by atoms with Crippen molar-refractivity contribution in [2.45, 2.75) is 69.5 Å². The number of hydrogen-bond acceptors (Lipinski definition) is 7. The Hall–Kier alpha value is -0.280. The molecule has 0 aromatic carbocycles. The Morgan fingerprint density at radius 3 is 2.30 bits per heavy atom. The van der Waals surface area contributed by atoms with Gasteiger partial charge in [-0.05, 0) is 27.7 Å². The minimum absolute atomic E-state index is 0.00143. The summed E-state index contributed by atoms with van der Waals surface area (Å²) in [6.07, 6.45) is -2.31. The molecule has 0 aromatic rings. The second-order valence-corrected chi connectivity index (χ2v) is 6.54. The summed E-state index contributed by atoms with van der Waals surface area (Å²) in [5.74, 6) is -1.49. The monoisotopic (exact) mass is 289 g/mol. The van der Waals surface area contributed by atoms with Crippen LogP contribution in [0.15, 0.2) is 0 Å². The Bertz CT molecular complexity index is 400. The highest BCUT2D eigenvalue weighted by Gasteiger charge is 2.65. The molecule has 0 bridgehead atoms. The van der Waals surface area contributed by atoms with Crippen molar-refractivity contribution in [3.63, 3.8) is 0 Å². The first-order valence-corrected chi connectivity index (χ1v) is 6.92. The van der Waals surface area contributed by atoms with E-state index in [1.807, 2.05) is 13.8 Å². The first-order valence-electron chi connectivity index (χ1n) is 6.92. The van der Waals surface area contributed by atoms with E-state index in [2.05, 4.69) is 0 Å². The number of fused-ring (bicyclic) bond motifs is 1. The standard InChI is InChI=1S/C13H23NO6/c1-11(2)16-5-7(18-11)8-13(15,6-14)9-10(17-8)20-12(3,4)19-9/h7-10,15H,5-6,14H2,1-4H3/t7-,8-,9+,10-,13+/m1/s1. The van der Waals surface area contributed by atoms with Crippen LogP contribution in [0.4, 0.5) is 0 Å². The van der Waals surface area contributed by atoms with Gasteiger partial charge in [0.1, 0.15) is 23.9 Å². The lowest BCUT2D eigenvalue weighted by Gasteiger charge is -2.34. The lowest BCUT2D eigenvalue weighted by molar-refractivity contribution is -0.246. The van der Waals surface area contributed by atoms with Gasteiger partial charge in [0.05, 0.1) is 6.61 Å². The summed E-state index contributed by atoms with van der Waals surface area (Å²) in [6, 6.07) is 0. The molecule has 3 rings (SSSR count). The lowest BCUT2D eigenvalue weighted by atomic mass is 9.89. The van der Waals surface area contributed by atoms with E-state index in [0.717, 1.165) is 0 Å². The molecule has 0 radical (unpaired) electrons. The van der Waals surface area contributed by atoms with E-state index in [1.165, 1.54) is 0 Å². The molecule has 7 heteroatoms. The maximum absolute atomic E-state index is 10.9. The molecule has 20 heavy (non-hydrogen) atoms. The highest BCUT2D eigenvalue weighted by atomic mass is 16.8. The molecule has 5 atom stereocenters. The second kappa shape index (κ2) is 4.36. The van der Waals surface area contributed by atoms with E-state index < -0.39 is 41.8 Å². The molecular weight excluding hydrogens is 266 g/mol. The third kappa shape index (κ3) is 2.18. The Morgan fingerprint density at radius 1 is 1.05 bits per heavy atom. The van der Waals surface area contributed by atoms with Gasteiger partial charge in [-0.25, -0.2) is 0 Å². The molecule has 3 aliphatic rings. The maximum Gasteiger partial charge on any atom is 0.190 e. The van der Waals surface area contributed by atoms with Crippen molar-refractivity contribution in [3.8, 4) is 0 Å². The van der Waals surface area contributed by atoms with Crippen LogP contribution in [0, 0.1) is 0 Å². The molecule has 3 aliphatic heterocycles. The van der Waals surface area contributed by atoms with Crippen LogP contribution in [0.5, 0.6) is 0 Å². The molecule has 0 amide bonds. The van der Waals surface area contributed by atoms with Crippen molar-refractivity contribution >= 4 is 0 Å². The average Bonchev–Trinajstić information content (AvgIpc) is 2.91. The summed E-state index contributed by atoms with van der Waals surface area (Å²) in [5, 5.41) is 10.9. The summed E-state index contributed by atoms with van der Waals surface area (Å²) < 4.78 is 28.5. The van der Waals surface area contributed by atoms with Crippen LogP contribution in [0.25, 0.3) is 0 Å². The Morgan fingerprint density at radius 2 is 1.75 bits per heavy atom. The van der Waals surface area contributed by atoms with E-state index in [4.69, 9.17) is 29.4 Å². The summed E-state index contributed by atoms with van der Waals surface area (Å²) in [6.45, 7) is 7.53. The Balaban J connectivity index is 1.81. The molecule has 0 spiro atoms. The molecule has 0 saturated carbocycles. The van der Waals surface area contributed by atoms with Crippen LogP contribution < -0.4 is 5.73 Å². The zero-order valence-corrected chi connectivity index (χ0v) is 12.3. The van der Waals surface area contributed by atoms with Crippen LogP contribution in [0.1, 0.15) is 27.7 Å². The normalized spacial score (nSPS) is 49.5. The molecular formula is C13H23NO6. The van der Waals surface area contributed by atoms with Crippen molar-refractivity contribution < 1.29 is 28.8 Å².